The van der Waals surface area contributed by atoms with Gasteiger partial charge in [-0.1, -0.05) is 30.8 Å². The smallest absolute Gasteiger partial charge is 0.247 e. The Morgan fingerprint density at radius 1 is 0.921 bits per heavy atom. The van der Waals surface area contributed by atoms with Crippen LogP contribution in [0.5, 0.6) is 0 Å². The van der Waals surface area contributed by atoms with E-state index in [1.807, 2.05) is 39.3 Å². The summed E-state index contributed by atoms with van der Waals surface area (Å²) in [5.74, 6) is 0.0386. The maximum atomic E-state index is 12.1. The van der Waals surface area contributed by atoms with Crippen LogP contribution in [0.4, 0.5) is 40.2 Å². The summed E-state index contributed by atoms with van der Waals surface area (Å²) < 4.78 is 0. The van der Waals surface area contributed by atoms with Gasteiger partial charge in [0.15, 0.2) is 5.82 Å². The van der Waals surface area contributed by atoms with Crippen molar-refractivity contribution in [2.45, 2.75) is 0 Å². The average molecular weight is 535 g/mol. The average Bonchev–Trinajstić information content (AvgIpc) is 2.89. The van der Waals surface area contributed by atoms with Crippen LogP contribution in [-0.4, -0.2) is 60.9 Å². The van der Waals surface area contributed by atoms with Gasteiger partial charge in [-0.3, -0.25) is 9.59 Å². The lowest BCUT2D eigenvalue weighted by molar-refractivity contribution is -0.112. The van der Waals surface area contributed by atoms with Crippen molar-refractivity contribution in [1.82, 2.24) is 14.9 Å². The summed E-state index contributed by atoms with van der Waals surface area (Å²) in [6.45, 7) is 8.62. The van der Waals surface area contributed by atoms with Crippen LogP contribution >= 0.6 is 11.6 Å². The van der Waals surface area contributed by atoms with Crippen LogP contribution in [0.25, 0.3) is 0 Å². The third-order valence-corrected chi connectivity index (χ3v) is 5.59. The molecule has 0 aliphatic carbocycles. The molecule has 38 heavy (non-hydrogen) atoms. The molecule has 0 saturated carbocycles. The van der Waals surface area contributed by atoms with Crippen LogP contribution in [0.15, 0.2) is 74.0 Å². The molecule has 0 spiro atoms. The molecule has 1 aromatic heterocycles. The monoisotopic (exact) mass is 534 g/mol. The number of aromatic nitrogens is 2. The van der Waals surface area contributed by atoms with E-state index < -0.39 is 0 Å². The number of benzene rings is 2. The van der Waals surface area contributed by atoms with E-state index in [1.54, 1.807) is 24.3 Å². The van der Waals surface area contributed by atoms with E-state index in [1.165, 1.54) is 18.3 Å². The molecule has 10 nitrogen and oxygen atoms in total. The molecule has 0 fully saturated rings. The van der Waals surface area contributed by atoms with E-state index in [4.69, 9.17) is 11.6 Å². The summed E-state index contributed by atoms with van der Waals surface area (Å²) in [5, 5.41) is 12.2. The summed E-state index contributed by atoms with van der Waals surface area (Å²) >= 11 is 6.34. The van der Waals surface area contributed by atoms with Crippen LogP contribution < -0.4 is 26.2 Å². The first kappa shape index (κ1) is 28.2. The van der Waals surface area contributed by atoms with Crippen molar-refractivity contribution in [1.29, 1.82) is 0 Å². The number of nitrogens with zero attached hydrogens (tertiary/aromatic N) is 4. The number of carbonyl (C=O) groups excluding carboxylic acids is 2. The van der Waals surface area contributed by atoms with Crippen LogP contribution in [0.2, 0.25) is 5.02 Å². The Bertz CT molecular complexity index is 1330. The van der Waals surface area contributed by atoms with Gasteiger partial charge in [0.2, 0.25) is 17.8 Å². The van der Waals surface area contributed by atoms with Crippen molar-refractivity contribution in [3.05, 3.63) is 79.0 Å². The van der Waals surface area contributed by atoms with Gasteiger partial charge in [0.25, 0.3) is 0 Å². The number of hydrogen-bond acceptors (Lipinski definition) is 8. The zero-order valence-electron chi connectivity index (χ0n) is 21.6. The molecule has 2 aromatic carbocycles. The van der Waals surface area contributed by atoms with Crippen LogP contribution in [-0.2, 0) is 9.59 Å². The van der Waals surface area contributed by atoms with Crippen molar-refractivity contribution in [2.24, 2.45) is 0 Å². The molecule has 2 amide bonds. The Morgan fingerprint density at radius 2 is 1.61 bits per heavy atom. The zero-order valence-corrected chi connectivity index (χ0v) is 22.3. The summed E-state index contributed by atoms with van der Waals surface area (Å²) in [5.41, 5.74) is 3.39. The highest BCUT2D eigenvalue weighted by Crippen LogP contribution is 2.31. The number of halogens is 1. The highest BCUT2D eigenvalue weighted by molar-refractivity contribution is 6.32. The van der Waals surface area contributed by atoms with Crippen molar-refractivity contribution in [3.8, 4) is 0 Å². The molecule has 0 radical (unpaired) electrons. The van der Waals surface area contributed by atoms with E-state index in [2.05, 4.69) is 54.2 Å². The van der Waals surface area contributed by atoms with Gasteiger partial charge in [0.05, 0.1) is 17.6 Å². The number of hydrogen-bond donors (Lipinski definition) is 4. The van der Waals surface area contributed by atoms with E-state index in [0.29, 0.717) is 39.5 Å². The second-order valence-electron chi connectivity index (χ2n) is 8.56. The standard InChI is InChI=1S/C27H31ClN8O2/c1-6-24(37)30-18-9-8-10-19(15-18)31-26-21(28)17-29-27(34-26)32-20-11-12-23(36(5)14-13-35(3)4)22(16-20)33-25(38)7-2/h6-12,15-17H,1-2,13-14H2,3-5H3,(H,30,37)(H,33,38)(H2,29,31,32,34). The minimum atomic E-state index is -0.315. The normalized spacial score (nSPS) is 10.4. The topological polar surface area (TPSA) is 115 Å². The highest BCUT2D eigenvalue weighted by atomic mass is 35.5. The lowest BCUT2D eigenvalue weighted by Gasteiger charge is -2.24. The largest absolute Gasteiger partial charge is 0.372 e. The molecule has 198 valence electrons. The summed E-state index contributed by atoms with van der Waals surface area (Å²) in [7, 11) is 5.98. The lowest BCUT2D eigenvalue weighted by Crippen LogP contribution is -2.29. The van der Waals surface area contributed by atoms with Gasteiger partial charge < -0.3 is 31.1 Å². The molecule has 4 N–H and O–H groups in total. The second kappa shape index (κ2) is 13.2. The van der Waals surface area contributed by atoms with E-state index in [9.17, 15) is 9.59 Å². The molecule has 11 heteroatoms. The molecular weight excluding hydrogens is 504 g/mol. The van der Waals surface area contributed by atoms with Gasteiger partial charge >= 0.3 is 0 Å². The molecule has 0 bridgehead atoms. The Balaban J connectivity index is 1.83. The number of nitrogens with one attached hydrogen (secondary N) is 4. The molecule has 0 unspecified atom stereocenters. The fourth-order valence-electron chi connectivity index (χ4n) is 3.35. The number of likely N-dealkylation sites (N-methyl/N-ethyl adjacent to an activating group) is 2. The molecule has 1 heterocycles. The third kappa shape index (κ3) is 8.05. The van der Waals surface area contributed by atoms with Gasteiger partial charge in [-0.25, -0.2) is 4.98 Å². The SMILES string of the molecule is C=CC(=O)Nc1cccc(Nc2nc(Nc3ccc(N(C)CCN(C)C)c(NC(=O)C=C)c3)ncc2Cl)c1. The quantitative estimate of drug-likeness (QED) is 0.243. The Labute approximate surface area is 227 Å². The Morgan fingerprint density at radius 3 is 2.32 bits per heavy atom. The summed E-state index contributed by atoms with van der Waals surface area (Å²) in [6.07, 6.45) is 3.90. The number of carbonyl (C=O) groups is 2. The fraction of sp³-hybridized carbons (Fsp3) is 0.185. The predicted molar refractivity (Wildman–Crippen MR) is 156 cm³/mol. The third-order valence-electron chi connectivity index (χ3n) is 5.31. The molecule has 0 aliphatic rings. The van der Waals surface area contributed by atoms with Crippen LogP contribution in [0.1, 0.15) is 0 Å². The second-order valence-corrected chi connectivity index (χ2v) is 8.97. The molecule has 3 aromatic rings. The van der Waals surface area contributed by atoms with Gasteiger partial charge in [-0.05, 0) is 62.6 Å². The molecule has 0 atom stereocenters. The minimum absolute atomic E-state index is 0.294. The Hall–Kier alpha value is -4.41. The molecule has 0 saturated heterocycles. The van der Waals surface area contributed by atoms with Gasteiger partial charge in [-0.2, -0.15) is 4.98 Å². The number of anilines is 7. The molecule has 3 rings (SSSR count). The minimum Gasteiger partial charge on any atom is -0.372 e. The van der Waals surface area contributed by atoms with Crippen molar-refractivity contribution in [3.63, 3.8) is 0 Å². The van der Waals surface area contributed by atoms with Gasteiger partial charge in [0, 0.05) is 37.2 Å². The van der Waals surface area contributed by atoms with Crippen LogP contribution in [0, 0.1) is 0 Å². The van der Waals surface area contributed by atoms with Gasteiger partial charge in [-0.15, -0.1) is 0 Å². The molecular formula is C27H31ClN8O2. The Kier molecular flexibility index (Phi) is 9.80. The summed E-state index contributed by atoms with van der Waals surface area (Å²) in [6, 6.07) is 12.7. The van der Waals surface area contributed by atoms with Gasteiger partial charge in [0.1, 0.15) is 5.02 Å². The number of amides is 2. The first-order valence-corrected chi connectivity index (χ1v) is 12.1. The van der Waals surface area contributed by atoms with Crippen molar-refractivity contribution in [2.75, 3.05) is 60.4 Å². The van der Waals surface area contributed by atoms with Crippen molar-refractivity contribution < 1.29 is 9.59 Å². The number of rotatable bonds is 12. The fourth-order valence-corrected chi connectivity index (χ4v) is 3.49. The summed E-state index contributed by atoms with van der Waals surface area (Å²) in [4.78, 5) is 36.6. The molecule has 0 aliphatic heterocycles. The van der Waals surface area contributed by atoms with E-state index >= 15 is 0 Å². The highest BCUT2D eigenvalue weighted by Gasteiger charge is 2.13. The van der Waals surface area contributed by atoms with E-state index in [-0.39, 0.29) is 11.8 Å². The maximum absolute atomic E-state index is 12.1. The van der Waals surface area contributed by atoms with Crippen molar-refractivity contribution >= 4 is 63.6 Å². The first-order valence-electron chi connectivity index (χ1n) is 11.7. The predicted octanol–water partition coefficient (Wildman–Crippen LogP) is 4.86. The lowest BCUT2D eigenvalue weighted by atomic mass is 10.2. The zero-order chi connectivity index (χ0) is 27.7. The maximum Gasteiger partial charge on any atom is 0.247 e. The van der Waals surface area contributed by atoms with Crippen LogP contribution in [0.3, 0.4) is 0 Å². The first-order chi connectivity index (χ1) is 18.2. The van der Waals surface area contributed by atoms with E-state index in [0.717, 1.165) is 18.8 Å².